The van der Waals surface area contributed by atoms with Crippen LogP contribution in [0.2, 0.25) is 0 Å². The van der Waals surface area contributed by atoms with Gasteiger partial charge in [0.05, 0.1) is 0 Å². The van der Waals surface area contributed by atoms with Crippen molar-refractivity contribution in [3.8, 4) is 0 Å². The predicted molar refractivity (Wildman–Crippen MR) is 43.2 cm³/mol. The van der Waals surface area contributed by atoms with Crippen molar-refractivity contribution in [2.75, 3.05) is 6.61 Å². The van der Waals surface area contributed by atoms with Crippen LogP contribution < -0.4 is 0 Å². The third-order valence-electron chi connectivity index (χ3n) is 1.68. The maximum absolute atomic E-state index is 12.4. The van der Waals surface area contributed by atoms with Gasteiger partial charge < -0.3 is 5.11 Å². The number of nitro groups is 1. The van der Waals surface area contributed by atoms with E-state index in [2.05, 4.69) is 0 Å². The van der Waals surface area contributed by atoms with E-state index in [0.717, 1.165) is 12.1 Å². The minimum absolute atomic E-state index is 0.300. The zero-order valence-electron chi connectivity index (χ0n) is 6.68. The molecule has 5 heteroatoms. The Morgan fingerprint density at radius 2 is 2.00 bits per heavy atom. The molecule has 1 N–H and O–H groups in total. The first-order valence-electron chi connectivity index (χ1n) is 3.65. The van der Waals surface area contributed by atoms with Crippen molar-refractivity contribution in [2.45, 2.75) is 6.04 Å². The summed E-state index contributed by atoms with van der Waals surface area (Å²) in [5, 5.41) is 19.1. The number of nitrogens with zero attached hydrogens (tertiary/aromatic N) is 1. The van der Waals surface area contributed by atoms with Gasteiger partial charge in [-0.15, -0.1) is 0 Å². The SMILES string of the molecule is O=[N+]([O-])C(CO)c1ccc(F)cc1. The molecule has 0 saturated heterocycles. The maximum Gasteiger partial charge on any atom is 0.260 e. The van der Waals surface area contributed by atoms with Gasteiger partial charge in [-0.1, -0.05) is 0 Å². The fraction of sp³-hybridized carbons (Fsp3) is 0.250. The van der Waals surface area contributed by atoms with Gasteiger partial charge in [0.15, 0.2) is 0 Å². The van der Waals surface area contributed by atoms with E-state index in [4.69, 9.17) is 5.11 Å². The van der Waals surface area contributed by atoms with Gasteiger partial charge in [0.2, 0.25) is 0 Å². The highest BCUT2D eigenvalue weighted by atomic mass is 19.1. The van der Waals surface area contributed by atoms with Crippen molar-refractivity contribution in [1.82, 2.24) is 0 Å². The van der Waals surface area contributed by atoms with Crippen LogP contribution in [0.4, 0.5) is 4.39 Å². The Kier molecular flexibility index (Phi) is 2.92. The average molecular weight is 185 g/mol. The molecule has 70 valence electrons. The zero-order chi connectivity index (χ0) is 9.84. The monoisotopic (exact) mass is 185 g/mol. The van der Waals surface area contributed by atoms with Gasteiger partial charge in [-0.3, -0.25) is 10.1 Å². The Morgan fingerprint density at radius 3 is 2.38 bits per heavy atom. The van der Waals surface area contributed by atoms with Crippen LogP contribution in [0.3, 0.4) is 0 Å². The van der Waals surface area contributed by atoms with Crippen LogP contribution >= 0.6 is 0 Å². The van der Waals surface area contributed by atoms with E-state index >= 15 is 0 Å². The fourth-order valence-corrected chi connectivity index (χ4v) is 0.979. The van der Waals surface area contributed by atoms with Crippen LogP contribution in [0.5, 0.6) is 0 Å². The molecule has 1 rings (SSSR count). The second-order valence-electron chi connectivity index (χ2n) is 2.54. The summed E-state index contributed by atoms with van der Waals surface area (Å²) >= 11 is 0. The summed E-state index contributed by atoms with van der Waals surface area (Å²) in [5.74, 6) is -0.455. The lowest BCUT2D eigenvalue weighted by Gasteiger charge is -2.05. The van der Waals surface area contributed by atoms with Gasteiger partial charge in [0, 0.05) is 10.5 Å². The molecule has 1 unspecified atom stereocenters. The normalized spacial score (nSPS) is 12.5. The Morgan fingerprint density at radius 1 is 1.46 bits per heavy atom. The minimum atomic E-state index is -1.17. The van der Waals surface area contributed by atoms with Crippen molar-refractivity contribution in [3.05, 3.63) is 45.8 Å². The molecule has 0 amide bonds. The number of hydrogen-bond donors (Lipinski definition) is 1. The molecular weight excluding hydrogens is 177 g/mol. The average Bonchev–Trinajstić information content (AvgIpc) is 2.09. The molecule has 13 heavy (non-hydrogen) atoms. The van der Waals surface area contributed by atoms with Crippen LogP contribution in [0.15, 0.2) is 24.3 Å². The lowest BCUT2D eigenvalue weighted by Crippen LogP contribution is -2.14. The quantitative estimate of drug-likeness (QED) is 0.567. The van der Waals surface area contributed by atoms with Crippen molar-refractivity contribution in [2.24, 2.45) is 0 Å². The second-order valence-corrected chi connectivity index (χ2v) is 2.54. The highest BCUT2D eigenvalue weighted by molar-refractivity contribution is 5.18. The molecule has 0 fully saturated rings. The van der Waals surface area contributed by atoms with Gasteiger partial charge >= 0.3 is 0 Å². The van der Waals surface area contributed by atoms with E-state index in [1.807, 2.05) is 0 Å². The minimum Gasteiger partial charge on any atom is -0.389 e. The van der Waals surface area contributed by atoms with Gasteiger partial charge in [-0.2, -0.15) is 0 Å². The van der Waals surface area contributed by atoms with E-state index in [0.29, 0.717) is 5.56 Å². The van der Waals surface area contributed by atoms with E-state index in [9.17, 15) is 14.5 Å². The first kappa shape index (κ1) is 9.60. The van der Waals surface area contributed by atoms with E-state index in [1.165, 1.54) is 12.1 Å². The smallest absolute Gasteiger partial charge is 0.260 e. The topological polar surface area (TPSA) is 63.4 Å². The van der Waals surface area contributed by atoms with Gasteiger partial charge in [-0.05, 0) is 24.3 Å². The molecule has 0 aliphatic rings. The Hall–Kier alpha value is -1.49. The second kappa shape index (κ2) is 3.95. The fourth-order valence-electron chi connectivity index (χ4n) is 0.979. The maximum atomic E-state index is 12.4. The van der Waals surface area contributed by atoms with E-state index in [-0.39, 0.29) is 0 Å². The molecule has 1 atom stereocenters. The molecule has 1 aromatic rings. The number of hydrogen-bond acceptors (Lipinski definition) is 3. The number of rotatable bonds is 3. The van der Waals surface area contributed by atoms with Crippen molar-refractivity contribution in [3.63, 3.8) is 0 Å². The number of aliphatic hydroxyl groups excluding tert-OH is 1. The van der Waals surface area contributed by atoms with Crippen LogP contribution in [-0.2, 0) is 0 Å². The van der Waals surface area contributed by atoms with Crippen molar-refractivity contribution in [1.29, 1.82) is 0 Å². The van der Waals surface area contributed by atoms with Crippen LogP contribution in [0.25, 0.3) is 0 Å². The summed E-state index contributed by atoms with van der Waals surface area (Å²) in [5.41, 5.74) is 0.300. The molecular formula is C8H8FNO3. The summed E-state index contributed by atoms with van der Waals surface area (Å²) in [6.07, 6.45) is 0. The first-order chi connectivity index (χ1) is 6.15. The lowest BCUT2D eigenvalue weighted by atomic mass is 10.1. The summed E-state index contributed by atoms with van der Waals surface area (Å²) in [7, 11) is 0. The summed E-state index contributed by atoms with van der Waals surface area (Å²) in [6.45, 7) is -0.585. The Bertz CT molecular complexity index is 299. The van der Waals surface area contributed by atoms with E-state index < -0.39 is 23.4 Å². The van der Waals surface area contributed by atoms with E-state index in [1.54, 1.807) is 0 Å². The molecule has 0 aromatic heterocycles. The largest absolute Gasteiger partial charge is 0.389 e. The van der Waals surface area contributed by atoms with Crippen LogP contribution in [0.1, 0.15) is 11.6 Å². The molecule has 0 aliphatic heterocycles. The summed E-state index contributed by atoms with van der Waals surface area (Å²) in [4.78, 5) is 9.76. The highest BCUT2D eigenvalue weighted by Crippen LogP contribution is 2.15. The molecule has 1 aromatic carbocycles. The molecule has 0 spiro atoms. The summed E-state index contributed by atoms with van der Waals surface area (Å²) < 4.78 is 12.4. The Balaban J connectivity index is 2.92. The predicted octanol–water partition coefficient (Wildman–Crippen LogP) is 1.14. The number of halogens is 1. The standard InChI is InChI=1S/C8H8FNO3/c9-7-3-1-6(2-4-7)8(5-11)10(12)13/h1-4,8,11H,5H2. The molecule has 0 heterocycles. The lowest BCUT2D eigenvalue weighted by molar-refractivity contribution is -0.532. The third-order valence-corrected chi connectivity index (χ3v) is 1.68. The molecule has 0 bridgehead atoms. The first-order valence-corrected chi connectivity index (χ1v) is 3.65. The third kappa shape index (κ3) is 2.22. The van der Waals surface area contributed by atoms with Gasteiger partial charge in [0.25, 0.3) is 6.04 Å². The highest BCUT2D eigenvalue weighted by Gasteiger charge is 2.20. The van der Waals surface area contributed by atoms with Gasteiger partial charge in [0.1, 0.15) is 12.4 Å². The van der Waals surface area contributed by atoms with Crippen LogP contribution in [-0.4, -0.2) is 16.6 Å². The number of benzene rings is 1. The molecule has 0 aliphatic carbocycles. The Labute approximate surface area is 73.8 Å². The molecule has 0 radical (unpaired) electrons. The summed E-state index contributed by atoms with van der Waals surface area (Å²) in [6, 6.07) is 3.67. The van der Waals surface area contributed by atoms with Crippen molar-refractivity contribution >= 4 is 0 Å². The zero-order valence-corrected chi connectivity index (χ0v) is 6.68. The molecule has 4 nitrogen and oxygen atoms in total. The number of aliphatic hydroxyl groups is 1. The molecule has 0 saturated carbocycles. The van der Waals surface area contributed by atoms with Crippen LogP contribution in [0, 0.1) is 15.9 Å². The van der Waals surface area contributed by atoms with Gasteiger partial charge in [-0.25, -0.2) is 4.39 Å². The van der Waals surface area contributed by atoms with Crippen molar-refractivity contribution < 1.29 is 14.4 Å².